The fraction of sp³-hybridized carbons (Fsp3) is 0.235. The van der Waals surface area contributed by atoms with Crippen LogP contribution in [-0.2, 0) is 12.8 Å². The van der Waals surface area contributed by atoms with Gasteiger partial charge in [0.1, 0.15) is 11.3 Å². The molecule has 0 amide bonds. The van der Waals surface area contributed by atoms with Crippen molar-refractivity contribution in [2.75, 3.05) is 0 Å². The number of rotatable bonds is 2. The summed E-state index contributed by atoms with van der Waals surface area (Å²) in [6.07, 6.45) is 4.68. The lowest BCUT2D eigenvalue weighted by Crippen LogP contribution is -2.02. The molecule has 0 bridgehead atoms. The molecule has 2 N–H and O–H groups in total. The van der Waals surface area contributed by atoms with Crippen molar-refractivity contribution in [1.82, 2.24) is 0 Å². The molecule has 102 valence electrons. The Labute approximate surface area is 117 Å². The highest BCUT2D eigenvalue weighted by atomic mass is 16.4. The normalized spacial score (nSPS) is 13.8. The first-order chi connectivity index (χ1) is 9.65. The van der Waals surface area contributed by atoms with Crippen molar-refractivity contribution >= 4 is 5.97 Å². The van der Waals surface area contributed by atoms with Gasteiger partial charge in [0, 0.05) is 0 Å². The van der Waals surface area contributed by atoms with Gasteiger partial charge in [0.2, 0.25) is 0 Å². The van der Waals surface area contributed by atoms with E-state index in [2.05, 4.69) is 12.1 Å². The molecule has 2 aromatic carbocycles. The van der Waals surface area contributed by atoms with Gasteiger partial charge in [-0.1, -0.05) is 24.3 Å². The lowest BCUT2D eigenvalue weighted by molar-refractivity contribution is 0.0694. The maximum Gasteiger partial charge on any atom is 0.339 e. The predicted octanol–water partition coefficient (Wildman–Crippen LogP) is 3.64. The molecular formula is C17H16O3. The van der Waals surface area contributed by atoms with Gasteiger partial charge >= 0.3 is 5.97 Å². The van der Waals surface area contributed by atoms with Crippen LogP contribution < -0.4 is 0 Å². The van der Waals surface area contributed by atoms with Crippen molar-refractivity contribution in [1.29, 1.82) is 0 Å². The van der Waals surface area contributed by atoms with E-state index in [0.717, 1.165) is 24.0 Å². The van der Waals surface area contributed by atoms with Crippen LogP contribution >= 0.6 is 0 Å². The quantitative estimate of drug-likeness (QED) is 0.874. The Morgan fingerprint density at radius 1 is 0.900 bits per heavy atom. The Morgan fingerprint density at radius 2 is 1.55 bits per heavy atom. The third kappa shape index (κ3) is 2.27. The molecule has 20 heavy (non-hydrogen) atoms. The van der Waals surface area contributed by atoms with Crippen LogP contribution in [-0.4, -0.2) is 16.2 Å². The molecule has 0 fully saturated rings. The molecule has 0 radical (unpaired) electrons. The topological polar surface area (TPSA) is 57.5 Å². The van der Waals surface area contributed by atoms with Gasteiger partial charge in [0.25, 0.3) is 0 Å². The van der Waals surface area contributed by atoms with E-state index in [1.165, 1.54) is 36.1 Å². The lowest BCUT2D eigenvalue weighted by Gasteiger charge is -2.16. The molecule has 1 aliphatic rings. The third-order valence-electron chi connectivity index (χ3n) is 3.91. The van der Waals surface area contributed by atoms with Crippen LogP contribution in [0.5, 0.6) is 5.75 Å². The van der Waals surface area contributed by atoms with Crippen molar-refractivity contribution in [3.8, 4) is 16.9 Å². The summed E-state index contributed by atoms with van der Waals surface area (Å²) in [5, 5.41) is 18.6. The van der Waals surface area contributed by atoms with Gasteiger partial charge in [0.15, 0.2) is 0 Å². The van der Waals surface area contributed by atoms with E-state index in [1.54, 1.807) is 6.07 Å². The van der Waals surface area contributed by atoms with Crippen molar-refractivity contribution in [2.24, 2.45) is 0 Å². The number of fused-ring (bicyclic) bond motifs is 1. The molecule has 0 saturated carbocycles. The number of hydrogen-bond acceptors (Lipinski definition) is 2. The summed E-state index contributed by atoms with van der Waals surface area (Å²) in [6, 6.07) is 11.0. The van der Waals surface area contributed by atoms with Gasteiger partial charge in [-0.3, -0.25) is 0 Å². The molecule has 3 heteroatoms. The molecule has 0 atom stereocenters. The summed E-state index contributed by atoms with van der Waals surface area (Å²) in [7, 11) is 0. The molecule has 0 saturated heterocycles. The number of carbonyl (C=O) groups is 1. The first kappa shape index (κ1) is 12.7. The maximum absolute atomic E-state index is 11.1. The predicted molar refractivity (Wildman–Crippen MR) is 77.1 cm³/mol. The Bertz CT molecular complexity index is 674. The van der Waals surface area contributed by atoms with Crippen LogP contribution in [0.4, 0.5) is 0 Å². The molecule has 3 nitrogen and oxygen atoms in total. The van der Waals surface area contributed by atoms with Crippen LogP contribution in [0.15, 0.2) is 36.4 Å². The van der Waals surface area contributed by atoms with Crippen molar-refractivity contribution < 1.29 is 15.0 Å². The number of carboxylic acid groups (broad SMARTS) is 1. The molecule has 3 rings (SSSR count). The summed E-state index contributed by atoms with van der Waals surface area (Å²) in [6.45, 7) is 0. The summed E-state index contributed by atoms with van der Waals surface area (Å²) >= 11 is 0. The highest BCUT2D eigenvalue weighted by Crippen LogP contribution is 2.30. The second-order valence-electron chi connectivity index (χ2n) is 5.23. The largest absolute Gasteiger partial charge is 0.507 e. The Hall–Kier alpha value is -2.29. The van der Waals surface area contributed by atoms with Crippen molar-refractivity contribution in [3.63, 3.8) is 0 Å². The fourth-order valence-corrected chi connectivity index (χ4v) is 2.80. The summed E-state index contributed by atoms with van der Waals surface area (Å²) in [5.41, 5.74) is 4.54. The molecule has 0 unspecified atom stereocenters. The highest BCUT2D eigenvalue weighted by Gasteiger charge is 2.13. The van der Waals surface area contributed by atoms with Gasteiger partial charge in [-0.25, -0.2) is 4.79 Å². The molecule has 2 aromatic rings. The van der Waals surface area contributed by atoms with Crippen LogP contribution in [0.25, 0.3) is 11.1 Å². The van der Waals surface area contributed by atoms with Crippen LogP contribution in [0, 0.1) is 0 Å². The Kier molecular flexibility index (Phi) is 3.18. The van der Waals surface area contributed by atoms with Crippen molar-refractivity contribution in [2.45, 2.75) is 25.7 Å². The van der Waals surface area contributed by atoms with Crippen LogP contribution in [0.2, 0.25) is 0 Å². The molecule has 0 aromatic heterocycles. The van der Waals surface area contributed by atoms with E-state index in [1.807, 2.05) is 6.07 Å². The van der Waals surface area contributed by atoms with Crippen LogP contribution in [0.1, 0.15) is 34.3 Å². The minimum atomic E-state index is -1.11. The average Bonchev–Trinajstić information content (AvgIpc) is 2.47. The standard InChI is InChI=1S/C17H16O3/c18-16-8-7-14(10-15(16)17(19)20)13-6-5-11-3-1-2-4-12(11)9-13/h5-10,18H,1-4H2,(H,19,20). The van der Waals surface area contributed by atoms with Gasteiger partial charge < -0.3 is 10.2 Å². The molecule has 0 heterocycles. The van der Waals surface area contributed by atoms with Gasteiger partial charge in [0.05, 0.1) is 0 Å². The molecule has 0 aliphatic heterocycles. The first-order valence-electron chi connectivity index (χ1n) is 6.83. The monoisotopic (exact) mass is 268 g/mol. The van der Waals surface area contributed by atoms with Crippen molar-refractivity contribution in [3.05, 3.63) is 53.1 Å². The van der Waals surface area contributed by atoms with Gasteiger partial charge in [-0.15, -0.1) is 0 Å². The smallest absolute Gasteiger partial charge is 0.339 e. The lowest BCUT2D eigenvalue weighted by atomic mass is 9.89. The number of phenols is 1. The first-order valence-corrected chi connectivity index (χ1v) is 6.83. The number of aromatic carboxylic acids is 1. The third-order valence-corrected chi connectivity index (χ3v) is 3.91. The number of aryl methyl sites for hydroxylation is 2. The minimum Gasteiger partial charge on any atom is -0.507 e. The van der Waals surface area contributed by atoms with E-state index in [4.69, 9.17) is 5.11 Å². The molecule has 1 aliphatic carbocycles. The zero-order chi connectivity index (χ0) is 14.1. The summed E-state index contributed by atoms with van der Waals surface area (Å²) in [5.74, 6) is -1.30. The van der Waals surface area contributed by atoms with E-state index in [0.29, 0.717) is 0 Å². The number of carboxylic acids is 1. The minimum absolute atomic E-state index is 0.0554. The van der Waals surface area contributed by atoms with Gasteiger partial charge in [-0.2, -0.15) is 0 Å². The fourth-order valence-electron chi connectivity index (χ4n) is 2.80. The summed E-state index contributed by atoms with van der Waals surface area (Å²) in [4.78, 5) is 11.1. The Balaban J connectivity index is 2.05. The SMILES string of the molecule is O=C(O)c1cc(-c2ccc3c(c2)CCCC3)ccc1O. The number of aromatic hydroxyl groups is 1. The Morgan fingerprint density at radius 3 is 2.30 bits per heavy atom. The number of hydrogen-bond donors (Lipinski definition) is 2. The number of benzene rings is 2. The molecule has 0 spiro atoms. The highest BCUT2D eigenvalue weighted by molar-refractivity contribution is 5.92. The van der Waals surface area contributed by atoms with Gasteiger partial charge in [-0.05, 0) is 60.1 Å². The average molecular weight is 268 g/mol. The zero-order valence-electron chi connectivity index (χ0n) is 11.1. The van der Waals surface area contributed by atoms with E-state index in [-0.39, 0.29) is 11.3 Å². The maximum atomic E-state index is 11.1. The zero-order valence-corrected chi connectivity index (χ0v) is 11.1. The van der Waals surface area contributed by atoms with E-state index in [9.17, 15) is 9.90 Å². The van der Waals surface area contributed by atoms with Crippen LogP contribution in [0.3, 0.4) is 0 Å². The second-order valence-corrected chi connectivity index (χ2v) is 5.23. The summed E-state index contributed by atoms with van der Waals surface area (Å²) < 4.78 is 0. The molecular weight excluding hydrogens is 252 g/mol. The van der Waals surface area contributed by atoms with E-state index >= 15 is 0 Å². The van der Waals surface area contributed by atoms with E-state index < -0.39 is 5.97 Å². The second kappa shape index (κ2) is 5.00.